The van der Waals surface area contributed by atoms with E-state index >= 15 is 0 Å². The highest BCUT2D eigenvalue weighted by atomic mass is 16.5. The molecule has 0 radical (unpaired) electrons. The Hall–Kier alpha value is -3.86. The van der Waals surface area contributed by atoms with Crippen LogP contribution in [0.25, 0.3) is 10.9 Å². The van der Waals surface area contributed by atoms with Gasteiger partial charge in [-0.05, 0) is 35.9 Å². The van der Waals surface area contributed by atoms with Gasteiger partial charge in [-0.15, -0.1) is 0 Å². The summed E-state index contributed by atoms with van der Waals surface area (Å²) in [6.45, 7) is 0.464. The molecule has 0 aliphatic carbocycles. The summed E-state index contributed by atoms with van der Waals surface area (Å²) in [7, 11) is 1.85. The van der Waals surface area contributed by atoms with Gasteiger partial charge in [0.05, 0.1) is 5.56 Å². The van der Waals surface area contributed by atoms with Crippen LogP contribution in [0.2, 0.25) is 0 Å². The summed E-state index contributed by atoms with van der Waals surface area (Å²) in [6, 6.07) is 24.3. The number of amides is 1. The van der Waals surface area contributed by atoms with Gasteiger partial charge < -0.3 is 14.6 Å². The van der Waals surface area contributed by atoms with Crippen LogP contribution in [0.5, 0.6) is 5.75 Å². The first-order valence-electron chi connectivity index (χ1n) is 9.28. The van der Waals surface area contributed by atoms with Gasteiger partial charge >= 0.3 is 0 Å². The lowest BCUT2D eigenvalue weighted by Gasteiger charge is -2.08. The van der Waals surface area contributed by atoms with Crippen molar-refractivity contribution in [1.29, 1.82) is 0 Å². The summed E-state index contributed by atoms with van der Waals surface area (Å²) in [5.74, 6) is -0.544. The van der Waals surface area contributed by atoms with Crippen LogP contribution in [-0.2, 0) is 18.4 Å². The van der Waals surface area contributed by atoms with Crippen molar-refractivity contribution in [2.24, 2.45) is 7.05 Å². The van der Waals surface area contributed by atoms with Gasteiger partial charge in [0.2, 0.25) is 0 Å². The molecule has 0 fully saturated rings. The van der Waals surface area contributed by atoms with Gasteiger partial charge in [0.25, 0.3) is 11.7 Å². The monoisotopic (exact) mass is 384 g/mol. The summed E-state index contributed by atoms with van der Waals surface area (Å²) in [5.41, 5.74) is 2.91. The lowest BCUT2D eigenvalue weighted by atomic mass is 10.1. The summed E-state index contributed by atoms with van der Waals surface area (Å²) in [4.78, 5) is 25.1. The first-order valence-corrected chi connectivity index (χ1v) is 9.28. The number of rotatable bonds is 6. The van der Waals surface area contributed by atoms with Gasteiger partial charge in [-0.25, -0.2) is 0 Å². The molecule has 29 heavy (non-hydrogen) atoms. The zero-order chi connectivity index (χ0) is 20.2. The van der Waals surface area contributed by atoms with E-state index < -0.39 is 11.7 Å². The largest absolute Gasteiger partial charge is 0.489 e. The number of nitrogens with one attached hydrogen (secondary N) is 1. The maximum Gasteiger partial charge on any atom is 0.296 e. The van der Waals surface area contributed by atoms with Crippen LogP contribution < -0.4 is 10.1 Å². The van der Waals surface area contributed by atoms with Crippen molar-refractivity contribution in [2.45, 2.75) is 6.61 Å². The van der Waals surface area contributed by atoms with Gasteiger partial charge in [0.1, 0.15) is 12.4 Å². The van der Waals surface area contributed by atoms with Gasteiger partial charge in [0.15, 0.2) is 0 Å². The second-order valence-corrected chi connectivity index (χ2v) is 6.75. The van der Waals surface area contributed by atoms with Crippen molar-refractivity contribution in [1.82, 2.24) is 4.57 Å². The van der Waals surface area contributed by atoms with E-state index in [4.69, 9.17) is 4.74 Å². The number of para-hydroxylation sites is 1. The molecule has 0 spiro atoms. The number of anilines is 1. The quantitative estimate of drug-likeness (QED) is 0.391. The number of ketones is 1. The Kier molecular flexibility index (Phi) is 5.12. The molecule has 4 aromatic rings. The first-order chi connectivity index (χ1) is 14.1. The van der Waals surface area contributed by atoms with Crippen LogP contribution in [0.1, 0.15) is 15.9 Å². The number of fused-ring (bicyclic) bond motifs is 1. The molecule has 0 unspecified atom stereocenters. The van der Waals surface area contributed by atoms with Gasteiger partial charge in [-0.2, -0.15) is 0 Å². The van der Waals surface area contributed by atoms with E-state index in [1.807, 2.05) is 66.2 Å². The maximum atomic E-state index is 12.7. The predicted molar refractivity (Wildman–Crippen MR) is 113 cm³/mol. The SMILES string of the molecule is Cn1cc(C(=O)C(=O)Nc2ccc(OCc3ccccc3)cc2)c2ccccc21. The van der Waals surface area contributed by atoms with Gasteiger partial charge in [-0.1, -0.05) is 48.5 Å². The second kappa shape index (κ2) is 8.02. The first kappa shape index (κ1) is 18.5. The third-order valence-corrected chi connectivity index (χ3v) is 4.71. The fourth-order valence-electron chi connectivity index (χ4n) is 3.21. The number of ether oxygens (including phenoxy) is 1. The summed E-state index contributed by atoms with van der Waals surface area (Å²) in [6.07, 6.45) is 1.69. The molecule has 5 nitrogen and oxygen atoms in total. The molecule has 1 amide bonds. The van der Waals surface area contributed by atoms with Crippen molar-refractivity contribution in [3.8, 4) is 5.75 Å². The lowest BCUT2D eigenvalue weighted by molar-refractivity contribution is -0.112. The van der Waals surface area contributed by atoms with Crippen molar-refractivity contribution in [2.75, 3.05) is 5.32 Å². The number of aromatic nitrogens is 1. The molecule has 0 bridgehead atoms. The molecule has 3 aromatic carbocycles. The van der Waals surface area contributed by atoms with E-state index in [-0.39, 0.29) is 0 Å². The standard InChI is InChI=1S/C24H20N2O3/c1-26-15-21(20-9-5-6-10-22(20)26)23(27)24(28)25-18-11-13-19(14-12-18)29-16-17-7-3-2-4-8-17/h2-15H,16H2,1H3,(H,25,28). The van der Waals surface area contributed by atoms with Crippen LogP contribution in [0.15, 0.2) is 85.1 Å². The Labute approximate surface area is 168 Å². The Morgan fingerprint density at radius 2 is 1.59 bits per heavy atom. The van der Waals surface area contributed by atoms with Gasteiger partial charge in [0, 0.05) is 29.8 Å². The summed E-state index contributed by atoms with van der Waals surface area (Å²) < 4.78 is 7.58. The number of hydrogen-bond acceptors (Lipinski definition) is 3. The zero-order valence-electron chi connectivity index (χ0n) is 16.0. The molecular weight excluding hydrogens is 364 g/mol. The second-order valence-electron chi connectivity index (χ2n) is 6.75. The molecule has 0 atom stereocenters. The third kappa shape index (κ3) is 4.04. The number of benzene rings is 3. The number of hydrogen-bond donors (Lipinski definition) is 1. The lowest BCUT2D eigenvalue weighted by Crippen LogP contribution is -2.22. The molecular formula is C24H20N2O3. The Morgan fingerprint density at radius 3 is 2.34 bits per heavy atom. The molecule has 1 aromatic heterocycles. The molecule has 144 valence electrons. The van der Waals surface area contributed by atoms with Crippen LogP contribution in [0.3, 0.4) is 0 Å². The molecule has 1 heterocycles. The highest BCUT2D eigenvalue weighted by Gasteiger charge is 2.21. The van der Waals surface area contributed by atoms with E-state index in [0.29, 0.717) is 23.6 Å². The Morgan fingerprint density at radius 1 is 0.897 bits per heavy atom. The molecule has 4 rings (SSSR count). The summed E-state index contributed by atoms with van der Waals surface area (Å²) >= 11 is 0. The molecule has 1 N–H and O–H groups in total. The minimum Gasteiger partial charge on any atom is -0.489 e. The third-order valence-electron chi connectivity index (χ3n) is 4.71. The molecule has 0 aliphatic rings. The van der Waals surface area contributed by atoms with Crippen molar-refractivity contribution in [3.63, 3.8) is 0 Å². The molecule has 0 aliphatic heterocycles. The number of nitrogens with zero attached hydrogens (tertiary/aromatic N) is 1. The average Bonchev–Trinajstić information content (AvgIpc) is 3.10. The van der Waals surface area contributed by atoms with E-state index in [2.05, 4.69) is 5.32 Å². The average molecular weight is 384 g/mol. The molecule has 5 heteroatoms. The predicted octanol–water partition coefficient (Wildman–Crippen LogP) is 4.58. The zero-order valence-corrected chi connectivity index (χ0v) is 16.0. The van der Waals surface area contributed by atoms with E-state index in [1.165, 1.54) is 0 Å². The van der Waals surface area contributed by atoms with Crippen LogP contribution in [0.4, 0.5) is 5.69 Å². The highest BCUT2D eigenvalue weighted by Crippen LogP contribution is 2.22. The topological polar surface area (TPSA) is 60.3 Å². The van der Waals surface area contributed by atoms with Crippen molar-refractivity contribution >= 4 is 28.3 Å². The summed E-state index contributed by atoms with van der Waals surface area (Å²) in [5, 5.41) is 3.43. The number of carbonyl (C=O) groups excluding carboxylic acids is 2. The molecule has 0 saturated carbocycles. The maximum absolute atomic E-state index is 12.7. The van der Waals surface area contributed by atoms with Gasteiger partial charge in [-0.3, -0.25) is 9.59 Å². The van der Waals surface area contributed by atoms with Crippen molar-refractivity contribution < 1.29 is 14.3 Å². The van der Waals surface area contributed by atoms with Crippen LogP contribution in [0, 0.1) is 0 Å². The number of carbonyl (C=O) groups is 2. The number of aryl methyl sites for hydroxylation is 1. The molecule has 0 saturated heterocycles. The van der Waals surface area contributed by atoms with E-state index in [9.17, 15) is 9.59 Å². The van der Waals surface area contributed by atoms with E-state index in [0.717, 1.165) is 16.5 Å². The number of Topliss-reactive ketones (excluding diaryl/α,β-unsaturated/α-hetero) is 1. The minimum absolute atomic E-state index is 0.392. The normalized spacial score (nSPS) is 10.7. The van der Waals surface area contributed by atoms with Crippen LogP contribution in [-0.4, -0.2) is 16.3 Å². The fraction of sp³-hybridized carbons (Fsp3) is 0.0833. The van der Waals surface area contributed by atoms with E-state index in [1.54, 1.807) is 30.5 Å². The Balaban J connectivity index is 1.42. The minimum atomic E-state index is -0.667. The Bertz CT molecular complexity index is 1160. The fourth-order valence-corrected chi connectivity index (χ4v) is 3.21. The highest BCUT2D eigenvalue weighted by molar-refractivity contribution is 6.48. The smallest absolute Gasteiger partial charge is 0.296 e. The van der Waals surface area contributed by atoms with Crippen molar-refractivity contribution in [3.05, 3.63) is 96.2 Å². The van der Waals surface area contributed by atoms with Crippen LogP contribution >= 0.6 is 0 Å².